The highest BCUT2D eigenvalue weighted by molar-refractivity contribution is 5.98. The first-order valence-electron chi connectivity index (χ1n) is 11.6. The summed E-state index contributed by atoms with van der Waals surface area (Å²) in [6.45, 7) is -0.113. The lowest BCUT2D eigenvalue weighted by Gasteiger charge is -2.26. The lowest BCUT2D eigenvalue weighted by molar-refractivity contribution is -0.142. The van der Waals surface area contributed by atoms with Crippen molar-refractivity contribution in [2.75, 3.05) is 27.4 Å². The molecular formula is C28H30ClN3O7. The summed E-state index contributed by atoms with van der Waals surface area (Å²) in [5.41, 5.74) is 8.03. The van der Waals surface area contributed by atoms with Crippen molar-refractivity contribution in [1.82, 2.24) is 4.90 Å². The van der Waals surface area contributed by atoms with Crippen LogP contribution in [0.4, 0.5) is 0 Å². The number of nitrogen functional groups attached to an aromatic ring is 1. The van der Waals surface area contributed by atoms with Crippen LogP contribution in [-0.2, 0) is 20.8 Å². The molecule has 3 aromatic rings. The highest BCUT2D eigenvalue weighted by Crippen LogP contribution is 2.21. The summed E-state index contributed by atoms with van der Waals surface area (Å²) in [4.78, 5) is 38.0. The maximum Gasteiger partial charge on any atom is 0.343 e. The molecule has 0 bridgehead atoms. The van der Waals surface area contributed by atoms with Crippen LogP contribution in [0.25, 0.3) is 0 Å². The Hall–Kier alpha value is -4.41. The second kappa shape index (κ2) is 14.5. The number of esters is 2. The predicted molar refractivity (Wildman–Crippen MR) is 146 cm³/mol. The van der Waals surface area contributed by atoms with Gasteiger partial charge in [-0.1, -0.05) is 36.4 Å². The molecule has 0 aliphatic heterocycles. The summed E-state index contributed by atoms with van der Waals surface area (Å²) in [6.07, 6.45) is -1.03. The van der Waals surface area contributed by atoms with Crippen LogP contribution in [0.5, 0.6) is 5.75 Å². The zero-order valence-corrected chi connectivity index (χ0v) is 22.3. The summed E-state index contributed by atoms with van der Waals surface area (Å²) >= 11 is 0. The fraction of sp³-hybridized carbons (Fsp3) is 0.214. The molecule has 39 heavy (non-hydrogen) atoms. The molecular weight excluding hydrogens is 526 g/mol. The number of amides is 1. The molecule has 0 aromatic heterocycles. The Morgan fingerprint density at radius 1 is 0.872 bits per heavy atom. The van der Waals surface area contributed by atoms with Crippen LogP contribution in [0, 0.1) is 5.41 Å². The first-order chi connectivity index (χ1) is 18.2. The molecule has 1 amide bonds. The van der Waals surface area contributed by atoms with E-state index in [1.807, 2.05) is 0 Å². The largest absolute Gasteiger partial charge is 0.482 e. The van der Waals surface area contributed by atoms with Gasteiger partial charge < -0.3 is 30.0 Å². The minimum absolute atomic E-state index is 0. The smallest absolute Gasteiger partial charge is 0.343 e. The third-order valence-electron chi connectivity index (χ3n) is 5.72. The Morgan fingerprint density at radius 3 is 1.97 bits per heavy atom. The van der Waals surface area contributed by atoms with Crippen molar-refractivity contribution in [3.05, 3.63) is 101 Å². The molecule has 0 fully saturated rings. The van der Waals surface area contributed by atoms with Crippen LogP contribution in [0.2, 0.25) is 0 Å². The Kier molecular flexibility index (Phi) is 11.5. The van der Waals surface area contributed by atoms with E-state index in [2.05, 4.69) is 4.74 Å². The third kappa shape index (κ3) is 8.56. The number of halogens is 1. The Balaban J connectivity index is 0.00000533. The number of amidine groups is 1. The summed E-state index contributed by atoms with van der Waals surface area (Å²) in [6, 6.07) is 19.5. The van der Waals surface area contributed by atoms with Crippen molar-refractivity contribution in [2.24, 2.45) is 5.73 Å². The van der Waals surface area contributed by atoms with Gasteiger partial charge >= 0.3 is 11.9 Å². The number of benzene rings is 3. The average Bonchev–Trinajstić information content (AvgIpc) is 2.95. The van der Waals surface area contributed by atoms with Gasteiger partial charge in [-0.15, -0.1) is 12.4 Å². The van der Waals surface area contributed by atoms with Gasteiger partial charge in [-0.25, -0.2) is 9.59 Å². The molecule has 0 heterocycles. The van der Waals surface area contributed by atoms with Gasteiger partial charge in [0.1, 0.15) is 11.6 Å². The van der Waals surface area contributed by atoms with E-state index in [0.717, 1.165) is 5.56 Å². The van der Waals surface area contributed by atoms with E-state index in [-0.39, 0.29) is 43.8 Å². The van der Waals surface area contributed by atoms with Crippen LogP contribution in [-0.4, -0.2) is 61.1 Å². The van der Waals surface area contributed by atoms with E-state index in [9.17, 15) is 19.5 Å². The molecule has 206 valence electrons. The Bertz CT molecular complexity index is 1280. The number of nitrogens with zero attached hydrogens (tertiary/aromatic N) is 1. The number of hydrogen-bond acceptors (Lipinski definition) is 8. The maximum atomic E-state index is 13.4. The molecule has 0 aliphatic carbocycles. The van der Waals surface area contributed by atoms with Gasteiger partial charge in [0.25, 0.3) is 5.91 Å². The summed E-state index contributed by atoms with van der Waals surface area (Å²) in [5, 5.41) is 18.5. The first-order valence-corrected chi connectivity index (χ1v) is 11.6. The number of aliphatic hydroxyl groups is 1. The van der Waals surface area contributed by atoms with Gasteiger partial charge in [0.05, 0.1) is 32.4 Å². The van der Waals surface area contributed by atoms with Crippen LogP contribution in [0.3, 0.4) is 0 Å². The minimum atomic E-state index is -1.03. The standard InChI is InChI=1S/C28H29N3O7.ClH/c1-36-25(33)17-38-23-13-11-19(12-14-23)24(32)16-31(15-18-3-5-22(6-4-18)28(35)37-2)27(34)21-9-7-20(8-10-21)26(29)30;/h3-14,24,32H,15-17H2,1-2H3,(H3,29,30);1H. The molecule has 0 saturated heterocycles. The number of hydrogen-bond donors (Lipinski definition) is 3. The SMILES string of the molecule is COC(=O)COc1ccc(C(O)CN(Cc2ccc(C(=O)OC)cc2)C(=O)c2ccc(C(=N)N)cc2)cc1.Cl. The molecule has 10 nitrogen and oxygen atoms in total. The Morgan fingerprint density at radius 2 is 1.44 bits per heavy atom. The zero-order chi connectivity index (χ0) is 27.7. The number of methoxy groups -OCH3 is 2. The fourth-order valence-corrected chi connectivity index (χ4v) is 3.58. The predicted octanol–water partition coefficient (Wildman–Crippen LogP) is 3.11. The van der Waals surface area contributed by atoms with Crippen molar-refractivity contribution in [3.8, 4) is 5.75 Å². The topological polar surface area (TPSA) is 152 Å². The van der Waals surface area contributed by atoms with Gasteiger partial charge in [-0.05, 0) is 47.5 Å². The van der Waals surface area contributed by atoms with E-state index >= 15 is 0 Å². The molecule has 1 atom stereocenters. The quantitative estimate of drug-likeness (QED) is 0.185. The van der Waals surface area contributed by atoms with Gasteiger partial charge in [-0.2, -0.15) is 0 Å². The number of carbonyl (C=O) groups excluding carboxylic acids is 3. The van der Waals surface area contributed by atoms with Gasteiger partial charge in [-0.3, -0.25) is 10.2 Å². The normalized spacial score (nSPS) is 10.9. The number of carbonyl (C=O) groups is 3. The number of nitrogens with two attached hydrogens (primary N) is 1. The average molecular weight is 556 g/mol. The molecule has 3 rings (SSSR count). The molecule has 3 aromatic carbocycles. The van der Waals surface area contributed by atoms with Crippen molar-refractivity contribution >= 4 is 36.1 Å². The molecule has 1 unspecified atom stereocenters. The molecule has 0 spiro atoms. The zero-order valence-electron chi connectivity index (χ0n) is 21.5. The number of aliphatic hydroxyl groups excluding tert-OH is 1. The molecule has 0 radical (unpaired) electrons. The van der Waals surface area contributed by atoms with Crippen LogP contribution in [0.15, 0.2) is 72.8 Å². The maximum absolute atomic E-state index is 13.4. The number of nitrogens with one attached hydrogen (secondary N) is 1. The number of rotatable bonds is 11. The fourth-order valence-electron chi connectivity index (χ4n) is 3.58. The monoisotopic (exact) mass is 555 g/mol. The molecule has 0 saturated carbocycles. The molecule has 11 heteroatoms. The lowest BCUT2D eigenvalue weighted by Crippen LogP contribution is -2.34. The van der Waals surface area contributed by atoms with Crippen LogP contribution < -0.4 is 10.5 Å². The van der Waals surface area contributed by atoms with Gasteiger partial charge in [0, 0.05) is 17.7 Å². The number of ether oxygens (including phenoxy) is 3. The van der Waals surface area contributed by atoms with Crippen molar-refractivity contribution in [2.45, 2.75) is 12.6 Å². The van der Waals surface area contributed by atoms with E-state index in [4.69, 9.17) is 20.6 Å². The summed E-state index contributed by atoms with van der Waals surface area (Å²) in [5.74, 6) is -1.01. The second-order valence-electron chi connectivity index (χ2n) is 8.31. The lowest BCUT2D eigenvalue weighted by atomic mass is 10.1. The van der Waals surface area contributed by atoms with Gasteiger partial charge in [0.15, 0.2) is 6.61 Å². The van der Waals surface area contributed by atoms with E-state index < -0.39 is 18.0 Å². The minimum Gasteiger partial charge on any atom is -0.482 e. The third-order valence-corrected chi connectivity index (χ3v) is 5.72. The molecule has 4 N–H and O–H groups in total. The van der Waals surface area contributed by atoms with Crippen molar-refractivity contribution in [3.63, 3.8) is 0 Å². The van der Waals surface area contributed by atoms with Crippen LogP contribution >= 0.6 is 12.4 Å². The van der Waals surface area contributed by atoms with E-state index in [1.54, 1.807) is 72.8 Å². The molecule has 0 aliphatic rings. The van der Waals surface area contributed by atoms with E-state index in [1.165, 1.54) is 19.1 Å². The summed E-state index contributed by atoms with van der Waals surface area (Å²) < 4.78 is 14.6. The van der Waals surface area contributed by atoms with Gasteiger partial charge in [0.2, 0.25) is 0 Å². The van der Waals surface area contributed by atoms with Crippen LogP contribution in [0.1, 0.15) is 43.5 Å². The Labute approximate surface area is 232 Å². The highest BCUT2D eigenvalue weighted by Gasteiger charge is 2.21. The van der Waals surface area contributed by atoms with Crippen molar-refractivity contribution < 1.29 is 33.7 Å². The second-order valence-corrected chi connectivity index (χ2v) is 8.31. The summed E-state index contributed by atoms with van der Waals surface area (Å²) in [7, 11) is 2.57. The highest BCUT2D eigenvalue weighted by atomic mass is 35.5. The van der Waals surface area contributed by atoms with E-state index in [0.29, 0.717) is 28.0 Å². The van der Waals surface area contributed by atoms with Crippen molar-refractivity contribution in [1.29, 1.82) is 5.41 Å². The first kappa shape index (κ1) is 30.8.